The number of benzene rings is 2. The second-order valence-electron chi connectivity index (χ2n) is 9.11. The molecular weight excluding hydrogens is 424 g/mol. The summed E-state index contributed by atoms with van der Waals surface area (Å²) in [4.78, 5) is 16.9. The predicted octanol–water partition coefficient (Wildman–Crippen LogP) is 5.40. The molecule has 7 heteroatoms. The van der Waals surface area contributed by atoms with Gasteiger partial charge in [-0.05, 0) is 59.5 Å². The van der Waals surface area contributed by atoms with Crippen LogP contribution in [0.25, 0.3) is 28.3 Å². The molecule has 0 atom stereocenters. The van der Waals surface area contributed by atoms with Crippen molar-refractivity contribution in [3.63, 3.8) is 0 Å². The second kappa shape index (κ2) is 8.51. The molecule has 0 aliphatic carbocycles. The minimum absolute atomic E-state index is 0.0411. The number of hydrogen-bond acceptors (Lipinski definition) is 5. The van der Waals surface area contributed by atoms with Crippen LogP contribution in [0.2, 0.25) is 0 Å². The Balaban J connectivity index is 1.41. The van der Waals surface area contributed by atoms with Gasteiger partial charge in [-0.3, -0.25) is 9.78 Å². The van der Waals surface area contributed by atoms with Gasteiger partial charge in [0, 0.05) is 34.8 Å². The summed E-state index contributed by atoms with van der Waals surface area (Å²) in [6.07, 6.45) is 3.42. The van der Waals surface area contributed by atoms with E-state index in [1.165, 1.54) is 5.56 Å². The lowest BCUT2D eigenvalue weighted by atomic mass is 9.87. The Morgan fingerprint density at radius 3 is 2.35 bits per heavy atom. The van der Waals surface area contributed by atoms with Gasteiger partial charge in [-0.15, -0.1) is 10.2 Å². The van der Waals surface area contributed by atoms with E-state index in [0.717, 1.165) is 16.8 Å². The van der Waals surface area contributed by atoms with Gasteiger partial charge in [0.25, 0.3) is 5.91 Å². The normalized spacial score (nSPS) is 11.5. The fraction of sp³-hybridized carbons (Fsp3) is 0.148. The molecule has 7 nitrogen and oxygen atoms in total. The maximum atomic E-state index is 12.8. The maximum absolute atomic E-state index is 12.8. The van der Waals surface area contributed by atoms with Gasteiger partial charge >= 0.3 is 0 Å². The van der Waals surface area contributed by atoms with Crippen molar-refractivity contribution < 1.29 is 4.79 Å². The first-order chi connectivity index (χ1) is 16.4. The molecule has 0 unspecified atom stereocenters. The maximum Gasteiger partial charge on any atom is 0.255 e. The number of amides is 1. The molecule has 0 aliphatic heterocycles. The SMILES string of the molecule is CC(C)(C)c1ccc(C(=O)Nc2cccc(-c3ccc4nnc(-c5ccncc5)n4n3)c2)cc1. The van der Waals surface area contributed by atoms with Crippen LogP contribution in [-0.2, 0) is 5.41 Å². The monoisotopic (exact) mass is 448 g/mol. The van der Waals surface area contributed by atoms with Crippen LogP contribution < -0.4 is 5.32 Å². The highest BCUT2D eigenvalue weighted by atomic mass is 16.1. The Bertz CT molecular complexity index is 1470. The van der Waals surface area contributed by atoms with E-state index < -0.39 is 0 Å². The van der Waals surface area contributed by atoms with Crippen molar-refractivity contribution in [1.82, 2.24) is 24.8 Å². The van der Waals surface area contributed by atoms with Crippen molar-refractivity contribution in [3.8, 4) is 22.6 Å². The predicted molar refractivity (Wildman–Crippen MR) is 133 cm³/mol. The van der Waals surface area contributed by atoms with Crippen molar-refractivity contribution in [3.05, 3.63) is 96.3 Å². The summed E-state index contributed by atoms with van der Waals surface area (Å²) in [5.74, 6) is 0.488. The topological polar surface area (TPSA) is 85.1 Å². The standard InChI is InChI=1S/C27H24N6O/c1-27(2,3)21-9-7-19(8-10-21)26(34)29-22-6-4-5-20(17-22)23-11-12-24-30-31-25(33(24)32-23)18-13-15-28-16-14-18/h4-17H,1-3H3,(H,29,34). The van der Waals surface area contributed by atoms with Crippen LogP contribution >= 0.6 is 0 Å². The highest BCUT2D eigenvalue weighted by molar-refractivity contribution is 6.04. The second-order valence-corrected chi connectivity index (χ2v) is 9.11. The molecule has 5 aromatic rings. The molecule has 5 rings (SSSR count). The smallest absolute Gasteiger partial charge is 0.255 e. The first-order valence-corrected chi connectivity index (χ1v) is 11.0. The van der Waals surface area contributed by atoms with E-state index in [2.05, 4.69) is 41.3 Å². The number of carbonyl (C=O) groups is 1. The Kier molecular flexibility index (Phi) is 5.37. The van der Waals surface area contributed by atoms with Crippen LogP contribution in [0.4, 0.5) is 5.69 Å². The fourth-order valence-electron chi connectivity index (χ4n) is 3.70. The number of hydrogen-bond donors (Lipinski definition) is 1. The lowest BCUT2D eigenvalue weighted by molar-refractivity contribution is 0.102. The van der Waals surface area contributed by atoms with Crippen molar-refractivity contribution in [1.29, 1.82) is 0 Å². The third-order valence-corrected chi connectivity index (χ3v) is 5.63. The van der Waals surface area contributed by atoms with Crippen LogP contribution in [0.15, 0.2) is 85.2 Å². The molecule has 1 N–H and O–H groups in total. The molecule has 0 aliphatic rings. The van der Waals surface area contributed by atoms with Gasteiger partial charge in [-0.2, -0.15) is 9.61 Å². The summed E-state index contributed by atoms with van der Waals surface area (Å²) >= 11 is 0. The molecule has 0 saturated carbocycles. The Morgan fingerprint density at radius 1 is 0.853 bits per heavy atom. The number of rotatable bonds is 4. The van der Waals surface area contributed by atoms with Gasteiger partial charge in [0.1, 0.15) is 0 Å². The van der Waals surface area contributed by atoms with Gasteiger partial charge < -0.3 is 5.32 Å². The van der Waals surface area contributed by atoms with E-state index in [-0.39, 0.29) is 11.3 Å². The van der Waals surface area contributed by atoms with Crippen molar-refractivity contribution in [2.45, 2.75) is 26.2 Å². The molecule has 1 amide bonds. The van der Waals surface area contributed by atoms with E-state index in [0.29, 0.717) is 22.7 Å². The lowest BCUT2D eigenvalue weighted by Crippen LogP contribution is -2.14. The van der Waals surface area contributed by atoms with Crippen LogP contribution in [0.1, 0.15) is 36.7 Å². The summed E-state index contributed by atoms with van der Waals surface area (Å²) in [6.45, 7) is 6.45. The van der Waals surface area contributed by atoms with E-state index >= 15 is 0 Å². The minimum Gasteiger partial charge on any atom is -0.322 e. The minimum atomic E-state index is -0.153. The first-order valence-electron chi connectivity index (χ1n) is 11.0. The Hall–Kier alpha value is -4.39. The number of nitrogens with zero attached hydrogens (tertiary/aromatic N) is 5. The number of pyridine rings is 1. The number of carbonyl (C=O) groups excluding carboxylic acids is 1. The highest BCUT2D eigenvalue weighted by Crippen LogP contribution is 2.25. The summed E-state index contributed by atoms with van der Waals surface area (Å²) in [5, 5.41) is 16.2. The summed E-state index contributed by atoms with van der Waals surface area (Å²) < 4.78 is 1.71. The molecular formula is C27H24N6O. The Labute approximate surface area is 197 Å². The van der Waals surface area contributed by atoms with Crippen LogP contribution in [0.3, 0.4) is 0 Å². The van der Waals surface area contributed by atoms with Crippen molar-refractivity contribution >= 4 is 17.2 Å². The van der Waals surface area contributed by atoms with E-state index in [9.17, 15) is 4.79 Å². The molecule has 0 radical (unpaired) electrons. The van der Waals surface area contributed by atoms with Gasteiger partial charge in [0.05, 0.1) is 5.69 Å². The number of anilines is 1. The molecule has 0 spiro atoms. The average molecular weight is 449 g/mol. The van der Waals surface area contributed by atoms with Gasteiger partial charge in [-0.25, -0.2) is 0 Å². The van der Waals surface area contributed by atoms with Gasteiger partial charge in [0.15, 0.2) is 11.5 Å². The zero-order valence-electron chi connectivity index (χ0n) is 19.2. The summed E-state index contributed by atoms with van der Waals surface area (Å²) in [7, 11) is 0. The Morgan fingerprint density at radius 2 is 1.62 bits per heavy atom. The fourth-order valence-corrected chi connectivity index (χ4v) is 3.70. The van der Waals surface area contributed by atoms with Crippen molar-refractivity contribution in [2.24, 2.45) is 0 Å². The lowest BCUT2D eigenvalue weighted by Gasteiger charge is -2.19. The average Bonchev–Trinajstić information content (AvgIpc) is 3.28. The van der Waals surface area contributed by atoms with E-state index in [4.69, 9.17) is 5.10 Å². The van der Waals surface area contributed by atoms with E-state index in [1.54, 1.807) is 16.9 Å². The molecule has 0 bridgehead atoms. The summed E-state index contributed by atoms with van der Waals surface area (Å²) in [5.41, 5.74) is 5.69. The molecule has 3 heterocycles. The molecule has 0 fully saturated rings. The highest BCUT2D eigenvalue weighted by Gasteiger charge is 2.15. The number of aromatic nitrogens is 5. The third-order valence-electron chi connectivity index (χ3n) is 5.63. The molecule has 34 heavy (non-hydrogen) atoms. The van der Waals surface area contributed by atoms with Gasteiger partial charge in [0.2, 0.25) is 0 Å². The zero-order valence-corrected chi connectivity index (χ0v) is 19.2. The van der Waals surface area contributed by atoms with Gasteiger partial charge in [-0.1, -0.05) is 45.0 Å². The zero-order chi connectivity index (χ0) is 23.7. The third kappa shape index (κ3) is 4.28. The number of nitrogens with one attached hydrogen (secondary N) is 1. The molecule has 2 aromatic carbocycles. The number of fused-ring (bicyclic) bond motifs is 1. The van der Waals surface area contributed by atoms with Crippen molar-refractivity contribution in [2.75, 3.05) is 5.32 Å². The largest absolute Gasteiger partial charge is 0.322 e. The van der Waals surface area contributed by atoms with Crippen LogP contribution in [0, 0.1) is 0 Å². The molecule has 0 saturated heterocycles. The molecule has 3 aromatic heterocycles. The van der Waals surface area contributed by atoms with Crippen LogP contribution in [0.5, 0.6) is 0 Å². The van der Waals surface area contributed by atoms with Crippen LogP contribution in [-0.4, -0.2) is 30.7 Å². The summed E-state index contributed by atoms with van der Waals surface area (Å²) in [6, 6.07) is 22.9. The first kappa shape index (κ1) is 21.5. The molecule has 168 valence electrons. The van der Waals surface area contributed by atoms with E-state index in [1.807, 2.05) is 72.8 Å². The quantitative estimate of drug-likeness (QED) is 0.398.